The molecular formula is C12H13F5N2O. The van der Waals surface area contributed by atoms with E-state index in [1.807, 2.05) is 0 Å². The summed E-state index contributed by atoms with van der Waals surface area (Å²) in [5, 5.41) is 0. The molecule has 8 heteroatoms. The number of likely N-dealkylation sites (tertiary alicyclic amines) is 1. The smallest absolute Gasteiger partial charge is 0.367 e. The number of hydrogen-bond donors (Lipinski definition) is 0. The van der Waals surface area contributed by atoms with Crippen molar-refractivity contribution in [3.63, 3.8) is 0 Å². The second-order valence-electron chi connectivity index (χ2n) is 4.74. The second kappa shape index (κ2) is 5.25. The monoisotopic (exact) mass is 296 g/mol. The number of halogens is 5. The zero-order valence-electron chi connectivity index (χ0n) is 10.7. The number of rotatable bonds is 3. The number of alkyl halides is 3. The molecule has 0 N–H and O–H groups in total. The quantitative estimate of drug-likeness (QED) is 0.801. The largest absolute Gasteiger partial charge is 0.418 e. The van der Waals surface area contributed by atoms with Gasteiger partial charge >= 0.3 is 6.18 Å². The van der Waals surface area contributed by atoms with Gasteiger partial charge in [-0.05, 0) is 6.42 Å². The van der Waals surface area contributed by atoms with E-state index in [9.17, 15) is 22.0 Å². The van der Waals surface area contributed by atoms with Gasteiger partial charge in [0.05, 0.1) is 11.9 Å². The van der Waals surface area contributed by atoms with Crippen LogP contribution in [0.4, 0.5) is 22.0 Å². The standard InChI is InChI=1S/C12H13F5N2O/c1-20-11(12(15,16)17)2-3-19(7-11)6-10-9(14)4-8(13)5-18-10/h4-5H,2-3,6-7H2,1H3. The van der Waals surface area contributed by atoms with Crippen LogP contribution < -0.4 is 0 Å². The predicted molar refractivity (Wildman–Crippen MR) is 59.8 cm³/mol. The number of pyridine rings is 1. The highest BCUT2D eigenvalue weighted by Gasteiger charge is 2.58. The number of aromatic nitrogens is 1. The van der Waals surface area contributed by atoms with Crippen LogP contribution >= 0.6 is 0 Å². The van der Waals surface area contributed by atoms with Crippen LogP contribution in [0.15, 0.2) is 12.3 Å². The summed E-state index contributed by atoms with van der Waals surface area (Å²) in [7, 11) is 1.01. The third kappa shape index (κ3) is 2.76. The van der Waals surface area contributed by atoms with Crippen molar-refractivity contribution < 1.29 is 26.7 Å². The lowest BCUT2D eigenvalue weighted by Crippen LogP contribution is -2.49. The molecule has 20 heavy (non-hydrogen) atoms. The molecule has 0 spiro atoms. The summed E-state index contributed by atoms with van der Waals surface area (Å²) in [4.78, 5) is 4.95. The maximum atomic E-state index is 13.4. The van der Waals surface area contributed by atoms with Crippen molar-refractivity contribution in [1.82, 2.24) is 9.88 Å². The van der Waals surface area contributed by atoms with Gasteiger partial charge in [-0.3, -0.25) is 9.88 Å². The molecule has 3 nitrogen and oxygen atoms in total. The maximum absolute atomic E-state index is 13.4. The Hall–Kier alpha value is -1.28. The van der Waals surface area contributed by atoms with Crippen molar-refractivity contribution in [3.05, 3.63) is 29.6 Å². The molecule has 0 saturated carbocycles. The van der Waals surface area contributed by atoms with Gasteiger partial charge in [-0.1, -0.05) is 0 Å². The first-order valence-electron chi connectivity index (χ1n) is 5.91. The third-order valence-electron chi connectivity index (χ3n) is 3.48. The van der Waals surface area contributed by atoms with E-state index in [1.165, 1.54) is 4.90 Å². The van der Waals surface area contributed by atoms with Gasteiger partial charge in [-0.15, -0.1) is 0 Å². The van der Waals surface area contributed by atoms with E-state index >= 15 is 0 Å². The van der Waals surface area contributed by atoms with E-state index in [1.54, 1.807) is 0 Å². The molecule has 0 aromatic carbocycles. The lowest BCUT2D eigenvalue weighted by molar-refractivity contribution is -0.264. The van der Waals surface area contributed by atoms with Crippen LogP contribution in [0.2, 0.25) is 0 Å². The molecule has 0 bridgehead atoms. The minimum Gasteiger partial charge on any atom is -0.367 e. The average Bonchev–Trinajstić information content (AvgIpc) is 2.77. The molecule has 1 fully saturated rings. The number of methoxy groups -OCH3 is 1. The van der Waals surface area contributed by atoms with Crippen LogP contribution in [-0.2, 0) is 11.3 Å². The maximum Gasteiger partial charge on any atom is 0.418 e. The SMILES string of the molecule is COC1(C(F)(F)F)CCN(Cc2ncc(F)cc2F)C1. The van der Waals surface area contributed by atoms with E-state index in [0.717, 1.165) is 13.3 Å². The Kier molecular flexibility index (Phi) is 3.97. The highest BCUT2D eigenvalue weighted by molar-refractivity contribution is 5.09. The van der Waals surface area contributed by atoms with E-state index in [4.69, 9.17) is 0 Å². The molecule has 1 aromatic heterocycles. The number of nitrogens with zero attached hydrogens (tertiary/aromatic N) is 2. The summed E-state index contributed by atoms with van der Waals surface area (Å²) >= 11 is 0. The van der Waals surface area contributed by atoms with Crippen molar-refractivity contribution >= 4 is 0 Å². The van der Waals surface area contributed by atoms with Gasteiger partial charge in [0.25, 0.3) is 0 Å². The van der Waals surface area contributed by atoms with Crippen LogP contribution in [0.25, 0.3) is 0 Å². The Morgan fingerprint density at radius 3 is 2.60 bits per heavy atom. The minimum atomic E-state index is -4.49. The Bertz CT molecular complexity index is 493. The van der Waals surface area contributed by atoms with E-state index in [2.05, 4.69) is 9.72 Å². The molecule has 1 aliphatic rings. The van der Waals surface area contributed by atoms with Gasteiger partial charge in [-0.25, -0.2) is 8.78 Å². The topological polar surface area (TPSA) is 25.4 Å². The van der Waals surface area contributed by atoms with Gasteiger partial charge in [-0.2, -0.15) is 13.2 Å². The molecule has 112 valence electrons. The highest BCUT2D eigenvalue weighted by atomic mass is 19.4. The third-order valence-corrected chi connectivity index (χ3v) is 3.48. The summed E-state index contributed by atoms with van der Waals surface area (Å²) < 4.78 is 69.7. The lowest BCUT2D eigenvalue weighted by atomic mass is 10.0. The predicted octanol–water partition coefficient (Wildman–Crippen LogP) is 2.51. The fraction of sp³-hybridized carbons (Fsp3) is 0.583. The second-order valence-corrected chi connectivity index (χ2v) is 4.74. The van der Waals surface area contributed by atoms with Crippen LogP contribution in [0.1, 0.15) is 12.1 Å². The summed E-state index contributed by atoms with van der Waals surface area (Å²) in [5.41, 5.74) is -2.32. The van der Waals surface area contributed by atoms with E-state index in [-0.39, 0.29) is 25.2 Å². The van der Waals surface area contributed by atoms with Crippen LogP contribution in [-0.4, -0.2) is 41.9 Å². The Labute approximate surface area is 112 Å². The molecule has 1 saturated heterocycles. The molecule has 1 unspecified atom stereocenters. The van der Waals surface area contributed by atoms with Gasteiger partial charge in [0.1, 0.15) is 11.6 Å². The zero-order valence-corrected chi connectivity index (χ0v) is 10.7. The van der Waals surface area contributed by atoms with Crippen molar-refractivity contribution in [2.75, 3.05) is 20.2 Å². The van der Waals surface area contributed by atoms with Crippen LogP contribution in [0.3, 0.4) is 0 Å². The minimum absolute atomic E-state index is 0.0829. The number of ether oxygens (including phenoxy) is 1. The van der Waals surface area contributed by atoms with Gasteiger partial charge in [0.2, 0.25) is 0 Å². The van der Waals surface area contributed by atoms with Gasteiger partial charge in [0, 0.05) is 32.8 Å². The molecule has 0 amide bonds. The molecule has 2 rings (SSSR count). The fourth-order valence-corrected chi connectivity index (χ4v) is 2.28. The number of hydrogen-bond acceptors (Lipinski definition) is 3. The normalized spacial score (nSPS) is 24.3. The van der Waals surface area contributed by atoms with Crippen molar-refractivity contribution in [2.45, 2.75) is 24.7 Å². The highest BCUT2D eigenvalue weighted by Crippen LogP contribution is 2.40. The van der Waals surface area contributed by atoms with Crippen molar-refractivity contribution in [1.29, 1.82) is 0 Å². The van der Waals surface area contributed by atoms with Gasteiger partial charge in [0.15, 0.2) is 5.60 Å². The van der Waals surface area contributed by atoms with Crippen molar-refractivity contribution in [2.24, 2.45) is 0 Å². The summed E-state index contributed by atoms with van der Waals surface area (Å²) in [6.45, 7) is -0.412. The average molecular weight is 296 g/mol. The summed E-state index contributed by atoms with van der Waals surface area (Å²) in [5.74, 6) is -1.69. The molecule has 2 heterocycles. The summed E-state index contributed by atoms with van der Waals surface area (Å²) in [6.07, 6.45) is -3.89. The Balaban J connectivity index is 2.10. The first-order valence-corrected chi connectivity index (χ1v) is 5.91. The molecule has 1 atom stereocenters. The first kappa shape index (κ1) is 15.1. The molecule has 1 aliphatic heterocycles. The van der Waals surface area contributed by atoms with E-state index < -0.39 is 30.0 Å². The van der Waals surface area contributed by atoms with E-state index in [0.29, 0.717) is 6.07 Å². The zero-order chi connectivity index (χ0) is 15.0. The Morgan fingerprint density at radius 1 is 1.40 bits per heavy atom. The molecular weight excluding hydrogens is 283 g/mol. The van der Waals surface area contributed by atoms with Gasteiger partial charge < -0.3 is 4.74 Å². The van der Waals surface area contributed by atoms with Crippen LogP contribution in [0.5, 0.6) is 0 Å². The molecule has 0 aliphatic carbocycles. The summed E-state index contributed by atoms with van der Waals surface area (Å²) in [6, 6.07) is 0.658. The fourth-order valence-electron chi connectivity index (χ4n) is 2.28. The lowest BCUT2D eigenvalue weighted by Gasteiger charge is -2.30. The van der Waals surface area contributed by atoms with Crippen molar-refractivity contribution in [3.8, 4) is 0 Å². The Morgan fingerprint density at radius 2 is 2.10 bits per heavy atom. The molecule has 1 aromatic rings. The van der Waals surface area contributed by atoms with Crippen LogP contribution in [0, 0.1) is 11.6 Å². The molecule has 0 radical (unpaired) electrons. The first-order chi connectivity index (χ1) is 9.27.